The summed E-state index contributed by atoms with van der Waals surface area (Å²) < 4.78 is 0. The van der Waals surface area contributed by atoms with E-state index in [0.717, 1.165) is 25.2 Å². The van der Waals surface area contributed by atoms with Crippen molar-refractivity contribution in [3.05, 3.63) is 23.8 Å². The van der Waals surface area contributed by atoms with Crippen LogP contribution in [-0.2, 0) is 0 Å². The molecule has 2 heteroatoms. The van der Waals surface area contributed by atoms with Crippen LogP contribution >= 0.6 is 0 Å². The minimum absolute atomic E-state index is 0.172. The van der Waals surface area contributed by atoms with Crippen LogP contribution in [0.15, 0.2) is 23.8 Å². The lowest BCUT2D eigenvalue weighted by Gasteiger charge is -2.58. The van der Waals surface area contributed by atoms with E-state index in [1.807, 2.05) is 0 Å². The van der Waals surface area contributed by atoms with Crippen LogP contribution in [0.2, 0.25) is 0 Å². The number of rotatable bonds is 3. The Hall–Kier alpha value is -0.600. The number of hydrogen-bond acceptors (Lipinski definition) is 2. The molecule has 2 N–H and O–H groups in total. The summed E-state index contributed by atoms with van der Waals surface area (Å²) >= 11 is 0. The Morgan fingerprint density at radius 3 is 2.32 bits per heavy atom. The van der Waals surface area contributed by atoms with Crippen LogP contribution < -0.4 is 0 Å². The molecule has 0 radical (unpaired) electrons. The number of aliphatic hydroxyl groups excluding tert-OH is 2. The zero-order valence-corrected chi connectivity index (χ0v) is 18.7. The Bertz CT molecular complexity index is 649. The van der Waals surface area contributed by atoms with Gasteiger partial charge in [-0.25, -0.2) is 0 Å². The van der Waals surface area contributed by atoms with Crippen LogP contribution in [0.1, 0.15) is 79.6 Å². The second kappa shape index (κ2) is 7.27. The monoisotopic (exact) mass is 386 g/mol. The van der Waals surface area contributed by atoms with Crippen LogP contribution in [-0.4, -0.2) is 22.4 Å². The minimum Gasteiger partial charge on any atom is -0.393 e. The van der Waals surface area contributed by atoms with Gasteiger partial charge in [0.05, 0.1) is 12.2 Å². The van der Waals surface area contributed by atoms with Crippen molar-refractivity contribution in [2.75, 3.05) is 0 Å². The van der Waals surface area contributed by atoms with Gasteiger partial charge in [-0.3, -0.25) is 0 Å². The van der Waals surface area contributed by atoms with Crippen LogP contribution in [0.3, 0.4) is 0 Å². The van der Waals surface area contributed by atoms with E-state index in [2.05, 4.69) is 52.8 Å². The summed E-state index contributed by atoms with van der Waals surface area (Å²) in [4.78, 5) is 0. The summed E-state index contributed by atoms with van der Waals surface area (Å²) in [5, 5.41) is 21.3. The molecule has 0 aromatic rings. The van der Waals surface area contributed by atoms with E-state index in [4.69, 9.17) is 0 Å². The Kier molecular flexibility index (Phi) is 5.37. The van der Waals surface area contributed by atoms with Crippen molar-refractivity contribution < 1.29 is 10.2 Å². The molecule has 0 saturated heterocycles. The van der Waals surface area contributed by atoms with Crippen molar-refractivity contribution in [2.45, 2.75) is 91.8 Å². The van der Waals surface area contributed by atoms with Gasteiger partial charge >= 0.3 is 0 Å². The molecule has 2 nitrogen and oxygen atoms in total. The molecule has 0 amide bonds. The average molecular weight is 387 g/mol. The van der Waals surface area contributed by atoms with Crippen molar-refractivity contribution >= 4 is 0 Å². The summed E-state index contributed by atoms with van der Waals surface area (Å²) in [6.45, 7) is 11.9. The number of hydrogen-bond donors (Lipinski definition) is 2. The largest absolute Gasteiger partial charge is 0.393 e. The van der Waals surface area contributed by atoms with Crippen LogP contribution in [0.5, 0.6) is 0 Å². The van der Waals surface area contributed by atoms with E-state index in [0.29, 0.717) is 29.1 Å². The second-order valence-corrected chi connectivity index (χ2v) is 11.5. The molecule has 4 aliphatic rings. The highest BCUT2D eigenvalue weighted by Crippen LogP contribution is 2.66. The topological polar surface area (TPSA) is 40.5 Å². The molecule has 158 valence electrons. The number of aliphatic hydroxyl groups is 2. The Balaban J connectivity index is 1.62. The molecule has 4 rings (SSSR count). The minimum atomic E-state index is -0.370. The third-order valence-electron chi connectivity index (χ3n) is 9.58. The molecule has 9 atom stereocenters. The first-order valence-electron chi connectivity index (χ1n) is 11.9. The lowest BCUT2D eigenvalue weighted by Crippen LogP contribution is -2.53. The number of fused-ring (bicyclic) bond motifs is 5. The maximum absolute atomic E-state index is 11.1. The SMILES string of the molecule is CC(C)/C=C/[C@@H](C)[C@H]1CC[C@H]2C3=C[C@@H](O)[C@H]4C[C@@H](O)CC[C@]4(C)[C@H]3CC[C@]12C. The first-order chi connectivity index (χ1) is 13.2. The standard InChI is InChI=1S/C26H42O2/c1-16(2)6-7-17(3)20-8-9-21-19-15-24(28)23-14-18(27)10-12-26(23,5)22(19)11-13-25(20,21)4/h6-7,15-18,20-24,27-28H,8-14H2,1-5H3/b7-6+/t17-,18+,20-,21+,22+,23-,24-,25-,26-/m1/s1. The van der Waals surface area contributed by atoms with E-state index in [9.17, 15) is 10.2 Å². The fourth-order valence-corrected chi connectivity index (χ4v) is 7.99. The van der Waals surface area contributed by atoms with E-state index < -0.39 is 0 Å². The predicted molar refractivity (Wildman–Crippen MR) is 116 cm³/mol. The molecule has 4 aliphatic carbocycles. The lowest BCUT2D eigenvalue weighted by atomic mass is 9.47. The summed E-state index contributed by atoms with van der Waals surface area (Å²) in [5.41, 5.74) is 2.14. The van der Waals surface area contributed by atoms with Gasteiger partial charge in [0.15, 0.2) is 0 Å². The van der Waals surface area contributed by atoms with Crippen molar-refractivity contribution in [2.24, 2.45) is 46.3 Å². The van der Waals surface area contributed by atoms with Crippen LogP contribution in [0.4, 0.5) is 0 Å². The van der Waals surface area contributed by atoms with E-state index >= 15 is 0 Å². The zero-order valence-electron chi connectivity index (χ0n) is 18.7. The molecule has 0 aromatic heterocycles. The molecule has 0 spiro atoms. The smallest absolute Gasteiger partial charge is 0.0758 e. The van der Waals surface area contributed by atoms with Crippen molar-refractivity contribution in [3.8, 4) is 0 Å². The molecule has 3 saturated carbocycles. The fraction of sp³-hybridized carbons (Fsp3) is 0.846. The van der Waals surface area contributed by atoms with Gasteiger partial charge < -0.3 is 10.2 Å². The maximum atomic E-state index is 11.1. The molecule has 0 unspecified atom stereocenters. The van der Waals surface area contributed by atoms with Crippen LogP contribution in [0.25, 0.3) is 0 Å². The van der Waals surface area contributed by atoms with Gasteiger partial charge in [-0.05, 0) is 91.3 Å². The molecular formula is C26H42O2. The molecule has 0 bridgehead atoms. The van der Waals surface area contributed by atoms with Crippen LogP contribution in [0, 0.1) is 46.3 Å². The summed E-state index contributed by atoms with van der Waals surface area (Å²) in [6, 6.07) is 0. The number of allylic oxidation sites excluding steroid dienone is 3. The van der Waals surface area contributed by atoms with Crippen molar-refractivity contribution in [3.63, 3.8) is 0 Å². The third-order valence-corrected chi connectivity index (χ3v) is 9.58. The highest BCUT2D eigenvalue weighted by Gasteiger charge is 2.59. The van der Waals surface area contributed by atoms with Gasteiger partial charge in [-0.1, -0.05) is 58.4 Å². The first-order valence-corrected chi connectivity index (χ1v) is 11.9. The van der Waals surface area contributed by atoms with Crippen molar-refractivity contribution in [1.82, 2.24) is 0 Å². The van der Waals surface area contributed by atoms with Gasteiger partial charge in [-0.2, -0.15) is 0 Å². The quantitative estimate of drug-likeness (QED) is 0.607. The highest BCUT2D eigenvalue weighted by molar-refractivity contribution is 5.30. The first kappa shape index (κ1) is 20.7. The Morgan fingerprint density at radius 2 is 1.61 bits per heavy atom. The highest BCUT2D eigenvalue weighted by atomic mass is 16.3. The zero-order chi connectivity index (χ0) is 20.3. The van der Waals surface area contributed by atoms with Gasteiger partial charge in [-0.15, -0.1) is 0 Å². The molecule has 0 aromatic carbocycles. The van der Waals surface area contributed by atoms with E-state index in [1.165, 1.54) is 25.7 Å². The Labute approximate surface area is 172 Å². The second-order valence-electron chi connectivity index (χ2n) is 11.5. The maximum Gasteiger partial charge on any atom is 0.0758 e. The molecule has 28 heavy (non-hydrogen) atoms. The average Bonchev–Trinajstić information content (AvgIpc) is 2.99. The summed E-state index contributed by atoms with van der Waals surface area (Å²) in [7, 11) is 0. The molecule has 0 heterocycles. The van der Waals surface area contributed by atoms with Gasteiger partial charge in [0.2, 0.25) is 0 Å². The molecule has 3 fully saturated rings. The summed E-state index contributed by atoms with van der Waals surface area (Å²) in [6.07, 6.45) is 14.5. The van der Waals surface area contributed by atoms with Crippen molar-refractivity contribution in [1.29, 1.82) is 0 Å². The fourth-order valence-electron chi connectivity index (χ4n) is 7.99. The Morgan fingerprint density at radius 1 is 0.929 bits per heavy atom. The normalized spacial score (nSPS) is 49.5. The molecular weight excluding hydrogens is 344 g/mol. The summed E-state index contributed by atoms with van der Waals surface area (Å²) in [5.74, 6) is 3.51. The van der Waals surface area contributed by atoms with E-state index in [1.54, 1.807) is 5.57 Å². The van der Waals surface area contributed by atoms with Gasteiger partial charge in [0, 0.05) is 0 Å². The van der Waals surface area contributed by atoms with Gasteiger partial charge in [0.25, 0.3) is 0 Å². The predicted octanol–water partition coefficient (Wildman–Crippen LogP) is 5.75. The van der Waals surface area contributed by atoms with E-state index in [-0.39, 0.29) is 23.5 Å². The third kappa shape index (κ3) is 3.14. The lowest BCUT2D eigenvalue weighted by molar-refractivity contribution is -0.0829. The molecule has 0 aliphatic heterocycles. The van der Waals surface area contributed by atoms with Gasteiger partial charge in [0.1, 0.15) is 0 Å².